The SMILES string of the molecule is CC1CCCC(C)C1OC=O. The van der Waals surface area contributed by atoms with Crippen LogP contribution in [-0.4, -0.2) is 12.6 Å². The Balaban J connectivity index is 2.47. The van der Waals surface area contributed by atoms with Gasteiger partial charge in [-0.2, -0.15) is 0 Å². The maximum Gasteiger partial charge on any atom is 0.293 e. The zero-order chi connectivity index (χ0) is 8.27. The van der Waals surface area contributed by atoms with Crippen LogP contribution in [0.15, 0.2) is 0 Å². The summed E-state index contributed by atoms with van der Waals surface area (Å²) in [5.74, 6) is 1.09. The third kappa shape index (κ3) is 1.95. The maximum absolute atomic E-state index is 10.1. The van der Waals surface area contributed by atoms with Crippen molar-refractivity contribution in [2.75, 3.05) is 0 Å². The van der Waals surface area contributed by atoms with Crippen LogP contribution >= 0.6 is 0 Å². The highest BCUT2D eigenvalue weighted by atomic mass is 16.5. The van der Waals surface area contributed by atoms with Crippen LogP contribution in [0, 0.1) is 11.8 Å². The molecule has 0 heterocycles. The van der Waals surface area contributed by atoms with E-state index >= 15 is 0 Å². The molecule has 0 aliphatic heterocycles. The fraction of sp³-hybridized carbons (Fsp3) is 0.889. The molecule has 1 rings (SSSR count). The number of carbonyl (C=O) groups is 1. The number of ether oxygens (including phenoxy) is 1. The van der Waals surface area contributed by atoms with Crippen molar-refractivity contribution in [3.8, 4) is 0 Å². The van der Waals surface area contributed by atoms with E-state index in [4.69, 9.17) is 4.74 Å². The fourth-order valence-corrected chi connectivity index (χ4v) is 1.98. The van der Waals surface area contributed by atoms with E-state index in [1.54, 1.807) is 0 Å². The van der Waals surface area contributed by atoms with E-state index in [0.29, 0.717) is 18.3 Å². The predicted octanol–water partition coefficient (Wildman–Crippen LogP) is 1.98. The van der Waals surface area contributed by atoms with Crippen molar-refractivity contribution in [1.82, 2.24) is 0 Å². The van der Waals surface area contributed by atoms with Crippen LogP contribution in [0.1, 0.15) is 33.1 Å². The lowest BCUT2D eigenvalue weighted by Gasteiger charge is -2.32. The van der Waals surface area contributed by atoms with E-state index in [9.17, 15) is 4.79 Å². The highest BCUT2D eigenvalue weighted by Crippen LogP contribution is 2.30. The molecule has 2 unspecified atom stereocenters. The van der Waals surface area contributed by atoms with E-state index in [1.165, 1.54) is 19.3 Å². The molecule has 1 saturated carbocycles. The molecule has 0 aromatic carbocycles. The third-order valence-electron chi connectivity index (χ3n) is 2.65. The molecule has 0 aromatic rings. The summed E-state index contributed by atoms with van der Waals surface area (Å²) in [6, 6.07) is 0. The first-order valence-electron chi connectivity index (χ1n) is 4.34. The van der Waals surface area contributed by atoms with Gasteiger partial charge in [-0.3, -0.25) is 4.79 Å². The first-order chi connectivity index (χ1) is 5.25. The van der Waals surface area contributed by atoms with Crippen molar-refractivity contribution in [3.63, 3.8) is 0 Å². The lowest BCUT2D eigenvalue weighted by Crippen LogP contribution is -2.32. The number of rotatable bonds is 2. The Morgan fingerprint density at radius 3 is 2.27 bits per heavy atom. The standard InChI is InChI=1S/C9H16O2/c1-7-4-3-5-8(2)9(7)11-6-10/h6-9H,3-5H2,1-2H3. The van der Waals surface area contributed by atoms with E-state index in [-0.39, 0.29) is 6.10 Å². The lowest BCUT2D eigenvalue weighted by atomic mass is 9.81. The van der Waals surface area contributed by atoms with Gasteiger partial charge in [-0.15, -0.1) is 0 Å². The summed E-state index contributed by atoms with van der Waals surface area (Å²) < 4.78 is 5.03. The number of hydrogen-bond acceptors (Lipinski definition) is 2. The summed E-state index contributed by atoms with van der Waals surface area (Å²) in [7, 11) is 0. The second-order valence-corrected chi connectivity index (χ2v) is 3.58. The van der Waals surface area contributed by atoms with Crippen molar-refractivity contribution >= 4 is 6.47 Å². The van der Waals surface area contributed by atoms with Crippen LogP contribution < -0.4 is 0 Å². The Labute approximate surface area is 67.9 Å². The van der Waals surface area contributed by atoms with Crippen molar-refractivity contribution in [3.05, 3.63) is 0 Å². The molecule has 0 N–H and O–H groups in total. The third-order valence-corrected chi connectivity index (χ3v) is 2.65. The molecule has 0 aromatic heterocycles. The zero-order valence-electron chi connectivity index (χ0n) is 7.25. The molecule has 2 nitrogen and oxygen atoms in total. The van der Waals surface area contributed by atoms with Crippen LogP contribution in [0.2, 0.25) is 0 Å². The summed E-state index contributed by atoms with van der Waals surface area (Å²) in [5.41, 5.74) is 0. The van der Waals surface area contributed by atoms with Crippen LogP contribution in [0.4, 0.5) is 0 Å². The Morgan fingerprint density at radius 2 is 1.82 bits per heavy atom. The first kappa shape index (κ1) is 8.57. The molecule has 11 heavy (non-hydrogen) atoms. The molecule has 0 amide bonds. The number of carbonyl (C=O) groups excluding carboxylic acids is 1. The normalized spacial score (nSPS) is 38.2. The highest BCUT2D eigenvalue weighted by Gasteiger charge is 2.28. The van der Waals surface area contributed by atoms with Gasteiger partial charge >= 0.3 is 0 Å². The fourth-order valence-electron chi connectivity index (χ4n) is 1.98. The van der Waals surface area contributed by atoms with Gasteiger partial charge < -0.3 is 4.74 Å². The van der Waals surface area contributed by atoms with E-state index in [1.807, 2.05) is 0 Å². The smallest absolute Gasteiger partial charge is 0.293 e. The average Bonchev–Trinajstić information content (AvgIpc) is 1.97. The lowest BCUT2D eigenvalue weighted by molar-refractivity contribution is -0.140. The molecule has 2 heteroatoms. The molecule has 0 spiro atoms. The van der Waals surface area contributed by atoms with Gasteiger partial charge in [0.2, 0.25) is 0 Å². The minimum Gasteiger partial charge on any atom is -0.464 e. The minimum atomic E-state index is 0.168. The largest absolute Gasteiger partial charge is 0.464 e. The molecule has 64 valence electrons. The first-order valence-corrected chi connectivity index (χ1v) is 4.34. The topological polar surface area (TPSA) is 26.3 Å². The van der Waals surface area contributed by atoms with Gasteiger partial charge in [-0.25, -0.2) is 0 Å². The van der Waals surface area contributed by atoms with E-state index in [0.717, 1.165) is 0 Å². The molecule has 0 saturated heterocycles. The Hall–Kier alpha value is -0.530. The Kier molecular flexibility index (Phi) is 2.92. The van der Waals surface area contributed by atoms with Gasteiger partial charge in [-0.1, -0.05) is 20.3 Å². The van der Waals surface area contributed by atoms with Crippen LogP contribution in [-0.2, 0) is 9.53 Å². The van der Waals surface area contributed by atoms with Gasteiger partial charge in [0, 0.05) is 0 Å². The molecule has 0 bridgehead atoms. The van der Waals surface area contributed by atoms with Crippen molar-refractivity contribution < 1.29 is 9.53 Å². The van der Waals surface area contributed by atoms with Crippen molar-refractivity contribution in [2.24, 2.45) is 11.8 Å². The molecular formula is C9H16O2. The summed E-state index contributed by atoms with van der Waals surface area (Å²) >= 11 is 0. The summed E-state index contributed by atoms with van der Waals surface area (Å²) in [6.45, 7) is 4.90. The second kappa shape index (κ2) is 3.74. The Bertz CT molecular complexity index is 124. The number of hydrogen-bond donors (Lipinski definition) is 0. The van der Waals surface area contributed by atoms with Gasteiger partial charge in [0.1, 0.15) is 6.10 Å². The molecule has 1 aliphatic rings. The second-order valence-electron chi connectivity index (χ2n) is 3.58. The van der Waals surface area contributed by atoms with Gasteiger partial charge in [0.25, 0.3) is 6.47 Å². The summed E-state index contributed by atoms with van der Waals surface area (Å²) in [5, 5.41) is 0. The zero-order valence-corrected chi connectivity index (χ0v) is 7.25. The highest BCUT2D eigenvalue weighted by molar-refractivity contribution is 5.37. The Morgan fingerprint density at radius 1 is 1.27 bits per heavy atom. The van der Waals surface area contributed by atoms with E-state index in [2.05, 4.69) is 13.8 Å². The van der Waals surface area contributed by atoms with Gasteiger partial charge in [0.15, 0.2) is 0 Å². The van der Waals surface area contributed by atoms with Crippen LogP contribution in [0.25, 0.3) is 0 Å². The molecule has 2 atom stereocenters. The molecule has 1 aliphatic carbocycles. The van der Waals surface area contributed by atoms with Gasteiger partial charge in [0.05, 0.1) is 0 Å². The van der Waals surface area contributed by atoms with E-state index < -0.39 is 0 Å². The van der Waals surface area contributed by atoms with Crippen LogP contribution in [0.5, 0.6) is 0 Å². The van der Waals surface area contributed by atoms with Crippen LogP contribution in [0.3, 0.4) is 0 Å². The monoisotopic (exact) mass is 156 g/mol. The quantitative estimate of drug-likeness (QED) is 0.571. The predicted molar refractivity (Wildman–Crippen MR) is 43.1 cm³/mol. The minimum absolute atomic E-state index is 0.168. The molecular weight excluding hydrogens is 140 g/mol. The molecule has 1 fully saturated rings. The summed E-state index contributed by atoms with van der Waals surface area (Å²) in [4.78, 5) is 10.1. The maximum atomic E-state index is 10.1. The van der Waals surface area contributed by atoms with Crippen molar-refractivity contribution in [2.45, 2.75) is 39.2 Å². The average molecular weight is 156 g/mol. The molecule has 0 radical (unpaired) electrons. The van der Waals surface area contributed by atoms with Gasteiger partial charge in [-0.05, 0) is 24.7 Å². The van der Waals surface area contributed by atoms with Crippen molar-refractivity contribution in [1.29, 1.82) is 0 Å². The summed E-state index contributed by atoms with van der Waals surface area (Å²) in [6.07, 6.45) is 3.84.